The Morgan fingerprint density at radius 3 is 2.48 bits per heavy atom. The first-order chi connectivity index (χ1) is 20.3. The maximum Gasteiger partial charge on any atom is 0.315 e. The average molecular weight is 625 g/mol. The van der Waals surface area contributed by atoms with E-state index < -0.39 is 68.5 Å². The van der Waals surface area contributed by atoms with Crippen LogP contribution in [-0.4, -0.2) is 161 Å². The Hall–Kier alpha value is -0.860. The van der Waals surface area contributed by atoms with Crippen molar-refractivity contribution < 1.29 is 59.1 Å². The molecule has 0 aromatic carbocycles. The lowest BCUT2D eigenvalue weighted by Gasteiger charge is -2.44. The fourth-order valence-electron chi connectivity index (χ4n) is 5.51. The predicted octanol–water partition coefficient (Wildman–Crippen LogP) is -3.20. The smallest absolute Gasteiger partial charge is 0.315 e. The van der Waals surface area contributed by atoms with Crippen LogP contribution >= 0.6 is 11.8 Å². The van der Waals surface area contributed by atoms with E-state index in [4.69, 9.17) is 23.7 Å². The summed E-state index contributed by atoms with van der Waals surface area (Å²) < 4.78 is 28.0. The van der Waals surface area contributed by atoms with Gasteiger partial charge in [-0.3, -0.25) is 0 Å². The lowest BCUT2D eigenvalue weighted by atomic mass is 9.98. The van der Waals surface area contributed by atoms with Crippen molar-refractivity contribution in [2.75, 3.05) is 51.9 Å². The third-order valence-electron chi connectivity index (χ3n) is 7.87. The molecule has 243 valence electrons. The van der Waals surface area contributed by atoms with Crippen molar-refractivity contribution in [1.82, 2.24) is 16.0 Å². The summed E-state index contributed by atoms with van der Waals surface area (Å²) in [6.45, 7) is 1.15. The van der Waals surface area contributed by atoms with Gasteiger partial charge in [0.25, 0.3) is 0 Å². The maximum atomic E-state index is 11.5. The number of aliphatic hydroxyl groups excluding tert-OH is 6. The van der Waals surface area contributed by atoms with Crippen molar-refractivity contribution >= 4 is 17.8 Å². The molecule has 12 atom stereocenters. The minimum Gasteiger partial charge on any atom is -0.394 e. The van der Waals surface area contributed by atoms with Gasteiger partial charge in [-0.1, -0.05) is 12.8 Å². The van der Waals surface area contributed by atoms with Crippen LogP contribution in [0.3, 0.4) is 0 Å². The predicted molar refractivity (Wildman–Crippen MR) is 148 cm³/mol. The van der Waals surface area contributed by atoms with E-state index in [1.54, 1.807) is 0 Å². The highest BCUT2D eigenvalue weighted by Gasteiger charge is 2.49. The summed E-state index contributed by atoms with van der Waals surface area (Å²) in [5.41, 5.74) is 0. The molecular weight excluding hydrogens is 578 g/mol. The monoisotopic (exact) mass is 624 g/mol. The van der Waals surface area contributed by atoms with Crippen LogP contribution in [0, 0.1) is 6.42 Å². The van der Waals surface area contributed by atoms with Crippen molar-refractivity contribution in [1.29, 1.82) is 0 Å². The average Bonchev–Trinajstić information content (AvgIpc) is 3.53. The normalized spacial score (nSPS) is 40.1. The molecule has 9 N–H and O–H groups in total. The minimum atomic E-state index is -1.55. The molecule has 2 amide bonds. The number of thioether (sulfide) groups is 1. The number of amides is 2. The van der Waals surface area contributed by atoms with Crippen molar-refractivity contribution in [3.8, 4) is 0 Å². The van der Waals surface area contributed by atoms with Gasteiger partial charge in [0.2, 0.25) is 0 Å². The van der Waals surface area contributed by atoms with Gasteiger partial charge in [0.15, 0.2) is 12.6 Å². The van der Waals surface area contributed by atoms with E-state index >= 15 is 0 Å². The van der Waals surface area contributed by atoms with Gasteiger partial charge in [-0.2, -0.15) is 11.8 Å². The standard InChI is InChI=1S/C26H46N3O12S/c30-11-17-15(32)10-16(33)24(39-17)41-23-22(35)21(34)18(12-31)40-25(23)38-9-8-37-7-6-27-5-3-1-2-4-19-20-14(13-42-19)28-26(36)29-20/h10,14-25,27,30-35H,1-9,11-13H2,(H2,28,29,36)/t14-,15+,16-,17+,18-,19-,20-,21+,22-,23-,24+,25+/m0/s1. The maximum absolute atomic E-state index is 11.5. The third kappa shape index (κ3) is 9.09. The van der Waals surface area contributed by atoms with Crippen LogP contribution in [0.25, 0.3) is 0 Å². The number of unbranched alkanes of at least 4 members (excludes halogenated alkanes) is 2. The van der Waals surface area contributed by atoms with Crippen LogP contribution in [-0.2, 0) is 23.7 Å². The Morgan fingerprint density at radius 1 is 0.905 bits per heavy atom. The molecule has 4 heterocycles. The molecule has 4 fully saturated rings. The highest BCUT2D eigenvalue weighted by molar-refractivity contribution is 8.00. The van der Waals surface area contributed by atoms with Crippen LogP contribution in [0.2, 0.25) is 0 Å². The van der Waals surface area contributed by atoms with Crippen LogP contribution in [0.5, 0.6) is 0 Å². The highest BCUT2D eigenvalue weighted by atomic mass is 32.2. The summed E-state index contributed by atoms with van der Waals surface area (Å²) >= 11 is 1.93. The summed E-state index contributed by atoms with van der Waals surface area (Å²) in [5, 5.41) is 69.7. The summed E-state index contributed by atoms with van der Waals surface area (Å²) in [6.07, 6.45) is -6.21. The summed E-state index contributed by atoms with van der Waals surface area (Å²) in [5.74, 6) is 0.979. The highest BCUT2D eigenvalue weighted by Crippen LogP contribution is 2.33. The lowest BCUT2D eigenvalue weighted by Crippen LogP contribution is -2.62. The Kier molecular flexibility index (Phi) is 13.8. The Bertz CT molecular complexity index is 820. The molecule has 16 heteroatoms. The molecule has 0 aromatic heterocycles. The molecule has 4 aliphatic rings. The van der Waals surface area contributed by atoms with Crippen molar-refractivity contribution in [3.05, 3.63) is 6.42 Å². The number of aliphatic hydroxyl groups is 6. The van der Waals surface area contributed by atoms with Gasteiger partial charge in [0.1, 0.15) is 36.6 Å². The quantitative estimate of drug-likeness (QED) is 0.0575. The molecule has 15 nitrogen and oxygen atoms in total. The van der Waals surface area contributed by atoms with E-state index in [2.05, 4.69) is 16.0 Å². The van der Waals surface area contributed by atoms with Crippen LogP contribution < -0.4 is 16.0 Å². The van der Waals surface area contributed by atoms with Crippen LogP contribution in [0.1, 0.15) is 25.7 Å². The van der Waals surface area contributed by atoms with E-state index in [0.717, 1.165) is 44.4 Å². The number of hydrogen-bond donors (Lipinski definition) is 9. The van der Waals surface area contributed by atoms with Gasteiger partial charge in [-0.05, 0) is 19.4 Å². The second-order valence-corrected chi connectivity index (χ2v) is 12.2. The molecule has 4 saturated heterocycles. The van der Waals surface area contributed by atoms with Crippen LogP contribution in [0.15, 0.2) is 0 Å². The molecule has 0 saturated carbocycles. The number of urea groups is 1. The van der Waals surface area contributed by atoms with Gasteiger partial charge in [-0.25, -0.2) is 4.79 Å². The lowest BCUT2D eigenvalue weighted by molar-refractivity contribution is -0.353. The third-order valence-corrected chi connectivity index (χ3v) is 9.38. The summed E-state index contributed by atoms with van der Waals surface area (Å²) in [7, 11) is 0. The first-order valence-corrected chi connectivity index (χ1v) is 15.7. The second kappa shape index (κ2) is 17.0. The van der Waals surface area contributed by atoms with E-state index in [1.165, 1.54) is 0 Å². The molecule has 0 aromatic rings. The van der Waals surface area contributed by atoms with Crippen molar-refractivity contribution in [2.45, 2.75) is 98.3 Å². The molecule has 1 radical (unpaired) electrons. The molecule has 0 bridgehead atoms. The van der Waals surface area contributed by atoms with Gasteiger partial charge in [0.05, 0.1) is 51.2 Å². The minimum absolute atomic E-state index is 0.0491. The number of hydrogen-bond acceptors (Lipinski definition) is 14. The Labute approximate surface area is 249 Å². The first kappa shape index (κ1) is 34.0. The molecule has 4 rings (SSSR count). The summed E-state index contributed by atoms with van der Waals surface area (Å²) in [6, 6.07) is 0.471. The van der Waals surface area contributed by atoms with E-state index in [1.807, 2.05) is 11.8 Å². The van der Waals surface area contributed by atoms with Gasteiger partial charge >= 0.3 is 6.03 Å². The van der Waals surface area contributed by atoms with E-state index in [-0.39, 0.29) is 31.3 Å². The second-order valence-electron chi connectivity index (χ2n) is 10.9. The molecule has 0 unspecified atom stereocenters. The van der Waals surface area contributed by atoms with Gasteiger partial charge in [0, 0.05) is 24.0 Å². The zero-order valence-electron chi connectivity index (χ0n) is 23.5. The number of fused-ring (bicyclic) bond motifs is 1. The van der Waals surface area contributed by atoms with Crippen molar-refractivity contribution in [3.63, 3.8) is 0 Å². The van der Waals surface area contributed by atoms with Gasteiger partial charge in [-0.15, -0.1) is 0 Å². The molecular formula is C26H46N3O12S. The number of rotatable bonds is 17. The number of carbonyl (C=O) groups excluding carboxylic acids is 1. The molecule has 0 spiro atoms. The zero-order valence-corrected chi connectivity index (χ0v) is 24.3. The summed E-state index contributed by atoms with van der Waals surface area (Å²) in [4.78, 5) is 11.5. The fourth-order valence-corrected chi connectivity index (χ4v) is 7.06. The number of carbonyl (C=O) groups is 1. The van der Waals surface area contributed by atoms with Crippen LogP contribution in [0.4, 0.5) is 4.79 Å². The SMILES string of the molecule is O=C1N[C@H]2[C@H](CS[C@H]2CCCCCNCCOCCO[C@@H]2O[C@@H](CO)[C@@H](O)[C@H](O)[C@@H]2O[C@H]2O[C@H](CO)[C@H](O)[CH][C@@H]2O)N1. The molecule has 4 aliphatic heterocycles. The molecule has 0 aliphatic carbocycles. The van der Waals surface area contributed by atoms with Gasteiger partial charge < -0.3 is 70.3 Å². The number of ether oxygens (including phenoxy) is 5. The fraction of sp³-hybridized carbons (Fsp3) is 0.923. The zero-order chi connectivity index (χ0) is 30.1. The van der Waals surface area contributed by atoms with E-state index in [0.29, 0.717) is 18.4 Å². The topological polar surface area (TPSA) is 221 Å². The Morgan fingerprint density at radius 2 is 1.69 bits per heavy atom. The van der Waals surface area contributed by atoms with Crippen molar-refractivity contribution in [2.24, 2.45) is 0 Å². The molecule has 42 heavy (non-hydrogen) atoms. The Balaban J connectivity index is 1.07. The first-order valence-electron chi connectivity index (χ1n) is 14.7. The van der Waals surface area contributed by atoms with E-state index in [9.17, 15) is 35.4 Å². The number of nitrogens with one attached hydrogen (secondary N) is 3. The largest absolute Gasteiger partial charge is 0.394 e.